The minimum atomic E-state index is 0.482. The van der Waals surface area contributed by atoms with Crippen molar-refractivity contribution in [3.63, 3.8) is 0 Å². The quantitative estimate of drug-likeness (QED) is 0.281. The normalized spacial score (nSPS) is 12.2. The van der Waals surface area contributed by atoms with E-state index >= 15 is 0 Å². The number of pyridine rings is 1. The molecule has 2 rings (SSSR count). The minimum Gasteiger partial charge on any atom is -0.378 e. The summed E-state index contributed by atoms with van der Waals surface area (Å²) in [5, 5.41) is 12.2. The molecule has 1 aromatic heterocycles. The molecule has 0 radical (unpaired) electrons. The lowest BCUT2D eigenvalue weighted by Crippen LogP contribution is -2.37. The van der Waals surface area contributed by atoms with Gasteiger partial charge in [-0.1, -0.05) is 24.3 Å². The van der Waals surface area contributed by atoms with E-state index in [2.05, 4.69) is 71.5 Å². The third-order valence-electron chi connectivity index (χ3n) is 4.70. The number of nitrogens with zero attached hydrogens (tertiary/aromatic N) is 5. The number of hydrogen-bond donors (Lipinski definition) is 3. The van der Waals surface area contributed by atoms with Crippen LogP contribution in [0.5, 0.6) is 0 Å². The molecule has 0 bridgehead atoms. The molecule has 8 nitrogen and oxygen atoms in total. The topological polar surface area (TPSA) is 80.2 Å². The van der Waals surface area contributed by atoms with Gasteiger partial charge in [-0.3, -0.25) is 10.9 Å². The molecular formula is C24H34N8S. The molecule has 0 spiro atoms. The van der Waals surface area contributed by atoms with Gasteiger partial charge in [-0.25, -0.2) is 4.98 Å². The second-order valence-electron chi connectivity index (χ2n) is 7.97. The highest BCUT2D eigenvalue weighted by Gasteiger charge is 2.00. The Morgan fingerprint density at radius 1 is 0.939 bits per heavy atom. The molecule has 0 fully saturated rings. The van der Waals surface area contributed by atoms with E-state index in [1.165, 1.54) is 5.69 Å². The molecule has 2 aromatic rings. The highest BCUT2D eigenvalue weighted by atomic mass is 32.1. The van der Waals surface area contributed by atoms with Crippen LogP contribution in [0.2, 0.25) is 0 Å². The van der Waals surface area contributed by atoms with Crippen molar-refractivity contribution < 1.29 is 0 Å². The second-order valence-corrected chi connectivity index (χ2v) is 8.38. The van der Waals surface area contributed by atoms with Crippen LogP contribution in [0.1, 0.15) is 25.0 Å². The van der Waals surface area contributed by atoms with Crippen LogP contribution in [-0.4, -0.2) is 67.7 Å². The molecule has 0 aliphatic rings. The second kappa shape index (κ2) is 13.3. The molecule has 0 saturated carbocycles. The van der Waals surface area contributed by atoms with Crippen molar-refractivity contribution in [1.29, 1.82) is 0 Å². The Labute approximate surface area is 202 Å². The summed E-state index contributed by atoms with van der Waals surface area (Å²) in [4.78, 5) is 8.57. The Morgan fingerprint density at radius 3 is 2.18 bits per heavy atom. The lowest BCUT2D eigenvalue weighted by molar-refractivity contribution is 0.412. The number of hydrogen-bond acceptors (Lipinski definition) is 7. The number of benzene rings is 1. The van der Waals surface area contributed by atoms with Crippen molar-refractivity contribution in [3.8, 4) is 0 Å². The molecule has 0 atom stereocenters. The van der Waals surface area contributed by atoms with E-state index in [9.17, 15) is 0 Å². The average molecular weight is 467 g/mol. The molecule has 0 aliphatic heterocycles. The molecule has 33 heavy (non-hydrogen) atoms. The first-order chi connectivity index (χ1) is 15.7. The average Bonchev–Trinajstić information content (AvgIpc) is 2.80. The van der Waals surface area contributed by atoms with E-state index < -0.39 is 0 Å². The molecule has 9 heteroatoms. The molecule has 1 heterocycles. The highest BCUT2D eigenvalue weighted by Crippen LogP contribution is 2.15. The summed E-state index contributed by atoms with van der Waals surface area (Å²) in [5.41, 5.74) is 10.6. The fraction of sp³-hybridized carbons (Fsp3) is 0.333. The Hall–Kier alpha value is -3.30. The van der Waals surface area contributed by atoms with Gasteiger partial charge in [-0.15, -0.1) is 0 Å². The van der Waals surface area contributed by atoms with Gasteiger partial charge in [0.2, 0.25) is 0 Å². The Bertz CT molecular complexity index is 977. The number of hydrazone groups is 2. The van der Waals surface area contributed by atoms with Crippen LogP contribution in [-0.2, 0) is 0 Å². The zero-order valence-electron chi connectivity index (χ0n) is 20.3. The van der Waals surface area contributed by atoms with Gasteiger partial charge in [0.15, 0.2) is 5.11 Å². The van der Waals surface area contributed by atoms with Crippen LogP contribution in [0, 0.1) is 0 Å². The maximum atomic E-state index is 5.21. The van der Waals surface area contributed by atoms with Crippen molar-refractivity contribution in [2.24, 2.45) is 10.2 Å². The predicted octanol–water partition coefficient (Wildman–Crippen LogP) is 3.51. The van der Waals surface area contributed by atoms with E-state index in [4.69, 9.17) is 12.2 Å². The fourth-order valence-corrected chi connectivity index (χ4v) is 2.66. The van der Waals surface area contributed by atoms with Gasteiger partial charge < -0.3 is 15.1 Å². The van der Waals surface area contributed by atoms with Gasteiger partial charge in [-0.05, 0) is 75.6 Å². The van der Waals surface area contributed by atoms with Crippen molar-refractivity contribution in [3.05, 3.63) is 53.7 Å². The van der Waals surface area contributed by atoms with Gasteiger partial charge in [0.1, 0.15) is 5.82 Å². The maximum Gasteiger partial charge on any atom is 0.187 e. The van der Waals surface area contributed by atoms with Crippen LogP contribution < -0.4 is 21.1 Å². The first kappa shape index (κ1) is 26.0. The van der Waals surface area contributed by atoms with Crippen LogP contribution in [0.3, 0.4) is 0 Å². The van der Waals surface area contributed by atoms with Crippen LogP contribution in [0.15, 0.2) is 52.8 Å². The van der Waals surface area contributed by atoms with E-state index in [1.54, 1.807) is 6.20 Å². The van der Waals surface area contributed by atoms with E-state index in [0.29, 0.717) is 10.9 Å². The van der Waals surface area contributed by atoms with Gasteiger partial charge in [0.25, 0.3) is 0 Å². The molecule has 0 aliphatic carbocycles. The number of thiocarbonyl (C=S) groups is 1. The number of nitrogens with one attached hydrogen (secondary N) is 3. The number of aromatic nitrogens is 1. The fourth-order valence-electron chi connectivity index (χ4n) is 2.52. The molecule has 3 N–H and O–H groups in total. The van der Waals surface area contributed by atoms with Crippen molar-refractivity contribution in [2.45, 2.75) is 13.8 Å². The van der Waals surface area contributed by atoms with E-state index in [1.807, 2.05) is 60.2 Å². The van der Waals surface area contributed by atoms with Crippen LogP contribution >= 0.6 is 12.2 Å². The van der Waals surface area contributed by atoms with Crippen molar-refractivity contribution >= 4 is 52.4 Å². The van der Waals surface area contributed by atoms with E-state index in [-0.39, 0.29) is 0 Å². The number of rotatable bonds is 10. The SMILES string of the molecule is CC(=N\NC(=S)NCCN(C)C)/C(C)=N/Nc1ccc(/C=C/c2ccc(N(C)C)cc2)cn1. The predicted molar refractivity (Wildman–Crippen MR) is 146 cm³/mol. The lowest BCUT2D eigenvalue weighted by Gasteiger charge is -2.11. The van der Waals surface area contributed by atoms with E-state index in [0.717, 1.165) is 35.6 Å². The third-order valence-corrected chi connectivity index (χ3v) is 4.93. The van der Waals surface area contributed by atoms with Crippen molar-refractivity contribution in [2.75, 3.05) is 51.6 Å². The van der Waals surface area contributed by atoms with Crippen LogP contribution in [0.25, 0.3) is 12.2 Å². The van der Waals surface area contributed by atoms with Crippen molar-refractivity contribution in [1.82, 2.24) is 20.6 Å². The summed E-state index contributed by atoms with van der Waals surface area (Å²) < 4.78 is 0. The summed E-state index contributed by atoms with van der Waals surface area (Å²) in [6.45, 7) is 5.37. The Kier molecular flexibility index (Phi) is 10.5. The summed E-state index contributed by atoms with van der Waals surface area (Å²) >= 11 is 5.21. The summed E-state index contributed by atoms with van der Waals surface area (Å²) in [6, 6.07) is 12.3. The molecule has 0 saturated heterocycles. The zero-order chi connectivity index (χ0) is 24.2. The molecule has 1 aromatic carbocycles. The maximum absolute atomic E-state index is 5.21. The smallest absolute Gasteiger partial charge is 0.187 e. The molecule has 0 amide bonds. The summed E-state index contributed by atoms with van der Waals surface area (Å²) in [5.74, 6) is 0.656. The third kappa shape index (κ3) is 9.80. The largest absolute Gasteiger partial charge is 0.378 e. The standard InChI is InChI=1S/C24H34N8S/c1-18(19(2)28-30-24(33)25-15-16-31(3)4)27-29-23-14-11-21(17-26-23)8-7-20-9-12-22(13-10-20)32(5)6/h7-14,17H,15-16H2,1-6H3,(H,26,29)(H2,25,30,33)/b8-7+,27-18+,28-19+. The molecule has 176 valence electrons. The first-order valence-corrected chi connectivity index (χ1v) is 11.1. The van der Waals surface area contributed by atoms with Gasteiger partial charge in [0, 0.05) is 39.1 Å². The summed E-state index contributed by atoms with van der Waals surface area (Å²) in [7, 11) is 8.09. The number of likely N-dealkylation sites (N-methyl/N-ethyl adjacent to an activating group) is 1. The monoisotopic (exact) mass is 466 g/mol. The molecular weight excluding hydrogens is 432 g/mol. The highest BCUT2D eigenvalue weighted by molar-refractivity contribution is 7.80. The first-order valence-electron chi connectivity index (χ1n) is 10.7. The Balaban J connectivity index is 1.86. The summed E-state index contributed by atoms with van der Waals surface area (Å²) in [6.07, 6.45) is 5.91. The zero-order valence-corrected chi connectivity index (χ0v) is 21.1. The van der Waals surface area contributed by atoms with Gasteiger partial charge in [-0.2, -0.15) is 10.2 Å². The van der Waals surface area contributed by atoms with Crippen LogP contribution in [0.4, 0.5) is 11.5 Å². The number of anilines is 2. The Morgan fingerprint density at radius 2 is 1.58 bits per heavy atom. The lowest BCUT2D eigenvalue weighted by atomic mass is 10.1. The molecule has 0 unspecified atom stereocenters. The van der Waals surface area contributed by atoms with Gasteiger partial charge >= 0.3 is 0 Å². The minimum absolute atomic E-state index is 0.482. The van der Waals surface area contributed by atoms with Gasteiger partial charge in [0.05, 0.1) is 11.4 Å².